The fourth-order valence-corrected chi connectivity index (χ4v) is 4.60. The maximum Gasteiger partial charge on any atom is 0.115 e. The monoisotopic (exact) mass is 327 g/mol. The standard InChI is InChI=1S/C21H33N3/c1-15-7-5-6-8-19(15)21-16(2)22-14-23-20(21)13-17-9-11-18(12-10-17)24(3)4/h14,17-18H,5-13H2,1-4H3/t17-,18-. The van der Waals surface area contributed by atoms with Crippen molar-refractivity contribution in [3.05, 3.63) is 28.9 Å². The van der Waals surface area contributed by atoms with E-state index in [2.05, 4.69) is 37.8 Å². The predicted octanol–water partition coefficient (Wildman–Crippen LogP) is 4.80. The van der Waals surface area contributed by atoms with Gasteiger partial charge in [-0.25, -0.2) is 9.97 Å². The summed E-state index contributed by atoms with van der Waals surface area (Å²) >= 11 is 0. The molecule has 0 unspecified atom stereocenters. The highest BCUT2D eigenvalue weighted by molar-refractivity contribution is 5.72. The van der Waals surface area contributed by atoms with Crippen molar-refractivity contribution >= 4 is 5.57 Å². The van der Waals surface area contributed by atoms with Crippen LogP contribution < -0.4 is 0 Å². The highest BCUT2D eigenvalue weighted by Gasteiger charge is 2.25. The molecule has 0 aliphatic heterocycles. The number of nitrogens with zero attached hydrogens (tertiary/aromatic N) is 3. The second-order valence-corrected chi connectivity index (χ2v) is 8.09. The van der Waals surface area contributed by atoms with Gasteiger partial charge in [-0.3, -0.25) is 0 Å². The Bertz CT molecular complexity index is 595. The molecule has 0 radical (unpaired) electrons. The van der Waals surface area contributed by atoms with Gasteiger partial charge in [0.05, 0.1) is 5.69 Å². The smallest absolute Gasteiger partial charge is 0.115 e. The van der Waals surface area contributed by atoms with Crippen molar-refractivity contribution in [2.75, 3.05) is 14.1 Å². The van der Waals surface area contributed by atoms with Crippen LogP contribution in [0.25, 0.3) is 5.57 Å². The summed E-state index contributed by atoms with van der Waals surface area (Å²) in [5, 5.41) is 0. The molecule has 1 heterocycles. The fraction of sp³-hybridized carbons (Fsp3) is 0.714. The molecule has 3 rings (SSSR count). The minimum absolute atomic E-state index is 0.774. The normalized spacial score (nSPS) is 25.4. The Morgan fingerprint density at radius 2 is 1.71 bits per heavy atom. The number of hydrogen-bond acceptors (Lipinski definition) is 3. The van der Waals surface area contributed by atoms with Gasteiger partial charge in [0.25, 0.3) is 0 Å². The first-order valence-corrected chi connectivity index (χ1v) is 9.72. The maximum absolute atomic E-state index is 4.74. The van der Waals surface area contributed by atoms with Crippen molar-refractivity contribution in [1.29, 1.82) is 0 Å². The third-order valence-corrected chi connectivity index (χ3v) is 6.19. The maximum atomic E-state index is 4.74. The van der Waals surface area contributed by atoms with E-state index in [1.165, 1.54) is 68.3 Å². The van der Waals surface area contributed by atoms with E-state index in [1.54, 1.807) is 17.5 Å². The Morgan fingerprint density at radius 1 is 1.00 bits per heavy atom. The summed E-state index contributed by atoms with van der Waals surface area (Å²) < 4.78 is 0. The summed E-state index contributed by atoms with van der Waals surface area (Å²) in [6, 6.07) is 0.774. The van der Waals surface area contributed by atoms with Crippen LogP contribution in [0.1, 0.15) is 75.2 Å². The Balaban J connectivity index is 1.79. The molecule has 132 valence electrons. The van der Waals surface area contributed by atoms with E-state index >= 15 is 0 Å². The largest absolute Gasteiger partial charge is 0.306 e. The Morgan fingerprint density at radius 3 is 2.38 bits per heavy atom. The van der Waals surface area contributed by atoms with Crippen LogP contribution in [-0.4, -0.2) is 35.0 Å². The topological polar surface area (TPSA) is 29.0 Å². The molecule has 2 aliphatic carbocycles. The average Bonchev–Trinajstić information content (AvgIpc) is 2.57. The molecule has 0 N–H and O–H groups in total. The molecule has 0 amide bonds. The van der Waals surface area contributed by atoms with Gasteiger partial charge in [-0.2, -0.15) is 0 Å². The molecule has 0 aromatic carbocycles. The summed E-state index contributed by atoms with van der Waals surface area (Å²) in [6.07, 6.45) is 13.4. The average molecular weight is 328 g/mol. The van der Waals surface area contributed by atoms with E-state index in [0.717, 1.165) is 18.4 Å². The number of hydrogen-bond donors (Lipinski definition) is 0. The first-order valence-electron chi connectivity index (χ1n) is 9.72. The van der Waals surface area contributed by atoms with Gasteiger partial charge in [0.1, 0.15) is 6.33 Å². The lowest BCUT2D eigenvalue weighted by molar-refractivity contribution is 0.192. The molecule has 1 aromatic heterocycles. The van der Waals surface area contributed by atoms with Crippen LogP contribution in [0.3, 0.4) is 0 Å². The summed E-state index contributed by atoms with van der Waals surface area (Å²) in [4.78, 5) is 11.7. The highest BCUT2D eigenvalue weighted by Crippen LogP contribution is 2.36. The summed E-state index contributed by atoms with van der Waals surface area (Å²) in [7, 11) is 4.43. The van der Waals surface area contributed by atoms with Crippen molar-refractivity contribution < 1.29 is 0 Å². The number of allylic oxidation sites excluding steroid dienone is 2. The van der Waals surface area contributed by atoms with E-state index < -0.39 is 0 Å². The van der Waals surface area contributed by atoms with E-state index in [9.17, 15) is 0 Å². The van der Waals surface area contributed by atoms with E-state index in [4.69, 9.17) is 4.98 Å². The zero-order valence-corrected chi connectivity index (χ0v) is 15.9. The predicted molar refractivity (Wildman–Crippen MR) is 101 cm³/mol. The van der Waals surface area contributed by atoms with Crippen molar-refractivity contribution in [2.24, 2.45) is 5.92 Å². The highest BCUT2D eigenvalue weighted by atomic mass is 15.1. The summed E-state index contributed by atoms with van der Waals surface area (Å²) in [6.45, 7) is 4.48. The molecule has 0 bridgehead atoms. The van der Waals surface area contributed by atoms with E-state index in [0.29, 0.717) is 0 Å². The molecule has 24 heavy (non-hydrogen) atoms. The van der Waals surface area contributed by atoms with E-state index in [-0.39, 0.29) is 0 Å². The molecule has 1 fully saturated rings. The molecule has 3 heteroatoms. The molecule has 3 nitrogen and oxygen atoms in total. The first kappa shape index (κ1) is 17.6. The second kappa shape index (κ2) is 7.77. The molecular formula is C21H33N3. The van der Waals surface area contributed by atoms with Gasteiger partial charge >= 0.3 is 0 Å². The summed E-state index contributed by atoms with van der Waals surface area (Å²) in [5.41, 5.74) is 7.00. The molecule has 2 aliphatic rings. The Kier molecular flexibility index (Phi) is 5.70. The lowest BCUT2D eigenvalue weighted by Crippen LogP contribution is -2.32. The zero-order valence-electron chi connectivity index (χ0n) is 15.9. The molecule has 0 saturated heterocycles. The molecule has 1 aromatic rings. The molecular weight excluding hydrogens is 294 g/mol. The van der Waals surface area contributed by atoms with Crippen molar-refractivity contribution in [3.63, 3.8) is 0 Å². The summed E-state index contributed by atoms with van der Waals surface area (Å²) in [5.74, 6) is 0.791. The van der Waals surface area contributed by atoms with Crippen LogP contribution in [-0.2, 0) is 6.42 Å². The van der Waals surface area contributed by atoms with Crippen molar-refractivity contribution in [3.8, 4) is 0 Å². The van der Waals surface area contributed by atoms with Crippen LogP contribution in [0.4, 0.5) is 0 Å². The van der Waals surface area contributed by atoms with Gasteiger partial charge in [-0.1, -0.05) is 5.57 Å². The van der Waals surface area contributed by atoms with E-state index in [1.807, 2.05) is 0 Å². The third-order valence-electron chi connectivity index (χ3n) is 6.19. The van der Waals surface area contributed by atoms with Gasteiger partial charge in [-0.05, 0) is 97.2 Å². The number of aryl methyl sites for hydroxylation is 1. The Labute approximate surface area is 147 Å². The third kappa shape index (κ3) is 3.88. The zero-order chi connectivity index (χ0) is 17.1. The Hall–Kier alpha value is -1.22. The minimum atomic E-state index is 0.774. The fourth-order valence-electron chi connectivity index (χ4n) is 4.60. The SMILES string of the molecule is CC1=C(c2c(C)ncnc2C[C@H]2CC[C@H](N(C)C)CC2)CCCC1. The van der Waals surface area contributed by atoms with Gasteiger partial charge in [0.15, 0.2) is 0 Å². The van der Waals surface area contributed by atoms with Crippen LogP contribution >= 0.6 is 0 Å². The van der Waals surface area contributed by atoms with Gasteiger partial charge < -0.3 is 4.90 Å². The molecule has 0 spiro atoms. The van der Waals surface area contributed by atoms with Crippen molar-refractivity contribution in [2.45, 2.75) is 77.7 Å². The van der Waals surface area contributed by atoms with Gasteiger partial charge in [0, 0.05) is 17.3 Å². The molecule has 1 saturated carbocycles. The number of rotatable bonds is 4. The van der Waals surface area contributed by atoms with Crippen LogP contribution in [0, 0.1) is 12.8 Å². The van der Waals surface area contributed by atoms with Crippen molar-refractivity contribution in [1.82, 2.24) is 14.9 Å². The van der Waals surface area contributed by atoms with Crippen LogP contribution in [0.2, 0.25) is 0 Å². The first-order chi connectivity index (χ1) is 11.6. The second-order valence-electron chi connectivity index (χ2n) is 8.09. The van der Waals surface area contributed by atoms with Crippen LogP contribution in [0.5, 0.6) is 0 Å². The minimum Gasteiger partial charge on any atom is -0.306 e. The molecule has 0 atom stereocenters. The lowest BCUT2D eigenvalue weighted by atomic mass is 9.80. The van der Waals surface area contributed by atoms with Gasteiger partial charge in [-0.15, -0.1) is 0 Å². The van der Waals surface area contributed by atoms with Crippen LogP contribution in [0.15, 0.2) is 11.9 Å². The quantitative estimate of drug-likeness (QED) is 0.796. The number of aromatic nitrogens is 2. The van der Waals surface area contributed by atoms with Gasteiger partial charge in [0.2, 0.25) is 0 Å². The lowest BCUT2D eigenvalue weighted by Gasteiger charge is -2.33.